The van der Waals surface area contributed by atoms with Gasteiger partial charge in [0.15, 0.2) is 0 Å². The fraction of sp³-hybridized carbons (Fsp3) is 0.385. The summed E-state index contributed by atoms with van der Waals surface area (Å²) in [5.74, 6) is 0. The second-order valence-corrected chi connectivity index (χ2v) is 3.82. The highest BCUT2D eigenvalue weighted by atomic mass is 16.5. The monoisotopic (exact) mass is 188 g/mol. The normalized spacial score (nSPS) is 26.4. The molecule has 1 nitrogen and oxygen atoms in total. The van der Waals surface area contributed by atoms with Gasteiger partial charge < -0.3 is 4.74 Å². The molecule has 0 saturated carbocycles. The van der Waals surface area contributed by atoms with Gasteiger partial charge in [-0.3, -0.25) is 0 Å². The molecule has 0 N–H and O–H groups in total. The van der Waals surface area contributed by atoms with E-state index >= 15 is 0 Å². The molecule has 0 amide bonds. The predicted octanol–water partition coefficient (Wildman–Crippen LogP) is 2.96. The van der Waals surface area contributed by atoms with E-state index in [4.69, 9.17) is 4.74 Å². The molecule has 2 rings (SSSR count). The Morgan fingerprint density at radius 3 is 2.79 bits per heavy atom. The molecule has 2 atom stereocenters. The van der Waals surface area contributed by atoms with Gasteiger partial charge in [0.25, 0.3) is 0 Å². The lowest BCUT2D eigenvalue weighted by molar-refractivity contribution is 0.0164. The molecular formula is C13H16O. The highest BCUT2D eigenvalue weighted by Gasteiger charge is 2.14. The fourth-order valence-electron chi connectivity index (χ4n) is 1.83. The number of rotatable bonds is 2. The summed E-state index contributed by atoms with van der Waals surface area (Å²) in [4.78, 5) is 0. The molecule has 0 saturated heterocycles. The topological polar surface area (TPSA) is 9.23 Å². The standard InChI is InChI=1S/C13H16O/c1-11-6-5-9-13(14-11)10-12-7-3-2-4-8-12/h2-8,11,13H,9-10H2,1H3/t11-,13-/m1/s1. The van der Waals surface area contributed by atoms with E-state index in [2.05, 4.69) is 43.3 Å². The molecule has 74 valence electrons. The van der Waals surface area contributed by atoms with Gasteiger partial charge in [-0.25, -0.2) is 0 Å². The van der Waals surface area contributed by atoms with Crippen LogP contribution in [0.15, 0.2) is 42.5 Å². The van der Waals surface area contributed by atoms with E-state index in [9.17, 15) is 0 Å². The van der Waals surface area contributed by atoms with Gasteiger partial charge in [-0.2, -0.15) is 0 Å². The van der Waals surface area contributed by atoms with E-state index < -0.39 is 0 Å². The molecule has 0 aromatic heterocycles. The summed E-state index contributed by atoms with van der Waals surface area (Å²) in [6.07, 6.45) is 7.05. The van der Waals surface area contributed by atoms with Crippen LogP contribution in [-0.4, -0.2) is 12.2 Å². The zero-order chi connectivity index (χ0) is 9.80. The van der Waals surface area contributed by atoms with Gasteiger partial charge in [0.05, 0.1) is 12.2 Å². The van der Waals surface area contributed by atoms with Gasteiger partial charge in [0.2, 0.25) is 0 Å². The van der Waals surface area contributed by atoms with Crippen LogP contribution in [0.5, 0.6) is 0 Å². The Morgan fingerprint density at radius 2 is 2.07 bits per heavy atom. The van der Waals surface area contributed by atoms with Crippen LogP contribution in [0, 0.1) is 0 Å². The Kier molecular flexibility index (Phi) is 3.00. The highest BCUT2D eigenvalue weighted by Crippen LogP contribution is 2.16. The molecular weight excluding hydrogens is 172 g/mol. The van der Waals surface area contributed by atoms with Gasteiger partial charge in [-0.05, 0) is 25.3 Å². The van der Waals surface area contributed by atoms with Crippen LogP contribution in [0.1, 0.15) is 18.9 Å². The van der Waals surface area contributed by atoms with Crippen LogP contribution < -0.4 is 0 Å². The first-order valence-electron chi connectivity index (χ1n) is 5.20. The summed E-state index contributed by atoms with van der Waals surface area (Å²) in [5, 5.41) is 0. The largest absolute Gasteiger partial charge is 0.371 e. The van der Waals surface area contributed by atoms with Crippen molar-refractivity contribution in [1.29, 1.82) is 0 Å². The lowest BCUT2D eigenvalue weighted by atomic mass is 10.0. The van der Waals surface area contributed by atoms with Crippen LogP contribution in [0.3, 0.4) is 0 Å². The molecule has 14 heavy (non-hydrogen) atoms. The molecule has 0 bridgehead atoms. The minimum absolute atomic E-state index is 0.275. The second kappa shape index (κ2) is 4.43. The van der Waals surface area contributed by atoms with Crippen molar-refractivity contribution in [2.75, 3.05) is 0 Å². The SMILES string of the molecule is C[C@@H]1C=CC[C@H](Cc2ccccc2)O1. The van der Waals surface area contributed by atoms with Crippen molar-refractivity contribution in [2.45, 2.75) is 32.0 Å². The third-order valence-corrected chi connectivity index (χ3v) is 2.52. The van der Waals surface area contributed by atoms with Gasteiger partial charge in [-0.1, -0.05) is 42.5 Å². The first kappa shape index (κ1) is 9.47. The van der Waals surface area contributed by atoms with E-state index in [0.29, 0.717) is 6.10 Å². The van der Waals surface area contributed by atoms with Gasteiger partial charge >= 0.3 is 0 Å². The lowest BCUT2D eigenvalue weighted by Gasteiger charge is -2.23. The molecule has 0 spiro atoms. The number of benzene rings is 1. The van der Waals surface area contributed by atoms with Crippen LogP contribution in [0.2, 0.25) is 0 Å². The third kappa shape index (κ3) is 2.46. The van der Waals surface area contributed by atoms with Crippen LogP contribution in [-0.2, 0) is 11.2 Å². The molecule has 0 fully saturated rings. The molecule has 0 unspecified atom stereocenters. The Balaban J connectivity index is 1.96. The minimum atomic E-state index is 0.275. The molecule has 1 aromatic rings. The third-order valence-electron chi connectivity index (χ3n) is 2.52. The number of ether oxygens (including phenoxy) is 1. The van der Waals surface area contributed by atoms with Gasteiger partial charge in [-0.15, -0.1) is 0 Å². The maximum Gasteiger partial charge on any atom is 0.0731 e. The van der Waals surface area contributed by atoms with Crippen molar-refractivity contribution in [3.63, 3.8) is 0 Å². The fourth-order valence-corrected chi connectivity index (χ4v) is 1.83. The molecule has 0 aliphatic carbocycles. The first-order chi connectivity index (χ1) is 6.84. The maximum absolute atomic E-state index is 5.80. The Bertz CT molecular complexity index is 302. The van der Waals surface area contributed by atoms with Crippen molar-refractivity contribution in [3.8, 4) is 0 Å². The van der Waals surface area contributed by atoms with E-state index in [0.717, 1.165) is 12.8 Å². The number of hydrogen-bond acceptors (Lipinski definition) is 1. The van der Waals surface area contributed by atoms with Crippen molar-refractivity contribution >= 4 is 0 Å². The van der Waals surface area contributed by atoms with E-state index in [1.54, 1.807) is 0 Å². The molecule has 1 heterocycles. The zero-order valence-corrected chi connectivity index (χ0v) is 8.52. The Labute approximate surface area is 85.4 Å². The van der Waals surface area contributed by atoms with Crippen molar-refractivity contribution < 1.29 is 4.74 Å². The molecule has 1 aromatic carbocycles. The summed E-state index contributed by atoms with van der Waals surface area (Å²) in [6.45, 7) is 2.09. The molecule has 1 heteroatoms. The summed E-state index contributed by atoms with van der Waals surface area (Å²) in [6, 6.07) is 10.5. The molecule has 0 radical (unpaired) electrons. The highest BCUT2D eigenvalue weighted by molar-refractivity contribution is 5.16. The van der Waals surface area contributed by atoms with E-state index in [-0.39, 0.29) is 6.10 Å². The second-order valence-electron chi connectivity index (χ2n) is 3.82. The van der Waals surface area contributed by atoms with Crippen LogP contribution >= 0.6 is 0 Å². The van der Waals surface area contributed by atoms with E-state index in [1.807, 2.05) is 6.07 Å². The maximum atomic E-state index is 5.80. The van der Waals surface area contributed by atoms with Gasteiger partial charge in [0.1, 0.15) is 0 Å². The Hall–Kier alpha value is -1.08. The molecule has 1 aliphatic heterocycles. The molecule has 1 aliphatic rings. The Morgan fingerprint density at radius 1 is 1.29 bits per heavy atom. The van der Waals surface area contributed by atoms with Crippen LogP contribution in [0.25, 0.3) is 0 Å². The zero-order valence-electron chi connectivity index (χ0n) is 8.52. The average Bonchev–Trinajstić information content (AvgIpc) is 2.19. The van der Waals surface area contributed by atoms with Crippen molar-refractivity contribution in [2.24, 2.45) is 0 Å². The number of hydrogen-bond donors (Lipinski definition) is 0. The van der Waals surface area contributed by atoms with Crippen molar-refractivity contribution in [1.82, 2.24) is 0 Å². The van der Waals surface area contributed by atoms with Crippen molar-refractivity contribution in [3.05, 3.63) is 48.0 Å². The first-order valence-corrected chi connectivity index (χ1v) is 5.20. The quantitative estimate of drug-likeness (QED) is 0.648. The van der Waals surface area contributed by atoms with Gasteiger partial charge in [0, 0.05) is 0 Å². The van der Waals surface area contributed by atoms with Crippen LogP contribution in [0.4, 0.5) is 0 Å². The lowest BCUT2D eigenvalue weighted by Crippen LogP contribution is -2.23. The smallest absolute Gasteiger partial charge is 0.0731 e. The summed E-state index contributed by atoms with van der Waals surface area (Å²) in [5.41, 5.74) is 1.36. The summed E-state index contributed by atoms with van der Waals surface area (Å²) in [7, 11) is 0. The predicted molar refractivity (Wildman–Crippen MR) is 58.2 cm³/mol. The average molecular weight is 188 g/mol. The summed E-state index contributed by atoms with van der Waals surface area (Å²) < 4.78 is 5.80. The minimum Gasteiger partial charge on any atom is -0.371 e. The van der Waals surface area contributed by atoms with E-state index in [1.165, 1.54) is 5.56 Å². The summed E-state index contributed by atoms with van der Waals surface area (Å²) >= 11 is 0.